The molecule has 2 N–H and O–H groups in total. The van der Waals surface area contributed by atoms with Gasteiger partial charge in [-0.2, -0.15) is 0 Å². The van der Waals surface area contributed by atoms with Gasteiger partial charge in [-0.1, -0.05) is 41.9 Å². The molecule has 0 unspecified atom stereocenters. The number of carbonyl (C=O) groups excluding carboxylic acids is 3. The number of carbonyl (C=O) groups is 3. The third-order valence-electron chi connectivity index (χ3n) is 5.76. The lowest BCUT2D eigenvalue weighted by atomic mass is 10.1. The first-order chi connectivity index (χ1) is 17.8. The lowest BCUT2D eigenvalue weighted by Gasteiger charge is -2.29. The van der Waals surface area contributed by atoms with E-state index in [1.54, 1.807) is 41.1 Å². The maximum Gasteiger partial charge on any atom is 0.270 e. The summed E-state index contributed by atoms with van der Waals surface area (Å²) >= 11 is 11.1. The summed E-state index contributed by atoms with van der Waals surface area (Å²) in [6.07, 6.45) is 3.10. The maximum atomic E-state index is 14.4. The van der Waals surface area contributed by atoms with E-state index in [4.69, 9.17) is 23.8 Å². The Morgan fingerprint density at radius 3 is 2.49 bits per heavy atom. The van der Waals surface area contributed by atoms with Gasteiger partial charge in [0.15, 0.2) is 5.11 Å². The molecule has 10 heteroatoms. The van der Waals surface area contributed by atoms with Crippen LogP contribution in [-0.2, 0) is 20.9 Å². The Bertz CT molecular complexity index is 1610. The van der Waals surface area contributed by atoms with Crippen molar-refractivity contribution in [3.63, 3.8) is 0 Å². The van der Waals surface area contributed by atoms with Crippen molar-refractivity contribution in [2.24, 2.45) is 0 Å². The Morgan fingerprint density at radius 1 is 1.03 bits per heavy atom. The van der Waals surface area contributed by atoms with E-state index < -0.39 is 17.6 Å². The number of amides is 3. The number of hydrogen-bond donors (Lipinski definition) is 2. The van der Waals surface area contributed by atoms with Crippen LogP contribution < -0.4 is 15.5 Å². The number of rotatable bonds is 5. The molecular formula is C27H18ClFN4O3S. The van der Waals surface area contributed by atoms with Gasteiger partial charge >= 0.3 is 0 Å². The monoisotopic (exact) mass is 532 g/mol. The number of halogens is 2. The molecule has 3 aromatic carbocycles. The molecule has 4 aromatic rings. The maximum absolute atomic E-state index is 14.4. The van der Waals surface area contributed by atoms with Crippen molar-refractivity contribution in [3.8, 4) is 0 Å². The van der Waals surface area contributed by atoms with Gasteiger partial charge in [0.1, 0.15) is 17.9 Å². The summed E-state index contributed by atoms with van der Waals surface area (Å²) < 4.78 is 16.2. The van der Waals surface area contributed by atoms with Crippen LogP contribution >= 0.6 is 23.8 Å². The van der Waals surface area contributed by atoms with Crippen LogP contribution in [0.15, 0.2) is 84.6 Å². The Hall–Kier alpha value is -4.34. The van der Waals surface area contributed by atoms with E-state index in [0.29, 0.717) is 16.3 Å². The van der Waals surface area contributed by atoms with Crippen molar-refractivity contribution in [2.45, 2.75) is 6.54 Å². The van der Waals surface area contributed by atoms with Gasteiger partial charge in [0.05, 0.1) is 5.69 Å². The number of benzene rings is 3. The van der Waals surface area contributed by atoms with Gasteiger partial charge in [0.25, 0.3) is 11.8 Å². The fourth-order valence-electron chi connectivity index (χ4n) is 4.07. The van der Waals surface area contributed by atoms with Crippen LogP contribution in [0.25, 0.3) is 17.0 Å². The summed E-state index contributed by atoms with van der Waals surface area (Å²) in [6.45, 7) is -0.0160. The Kier molecular flexibility index (Phi) is 6.56. The first-order valence-electron chi connectivity index (χ1n) is 11.1. The number of aromatic nitrogens is 1. The highest BCUT2D eigenvalue weighted by molar-refractivity contribution is 7.80. The van der Waals surface area contributed by atoms with E-state index >= 15 is 0 Å². The Labute approximate surface area is 221 Å². The van der Waals surface area contributed by atoms with Crippen LogP contribution in [0.5, 0.6) is 0 Å². The molecule has 0 saturated carbocycles. The van der Waals surface area contributed by atoms with E-state index in [0.717, 1.165) is 15.8 Å². The van der Waals surface area contributed by atoms with Crippen molar-refractivity contribution in [2.75, 3.05) is 10.2 Å². The second kappa shape index (κ2) is 9.96. The van der Waals surface area contributed by atoms with Crippen LogP contribution in [0, 0.1) is 5.82 Å². The zero-order chi connectivity index (χ0) is 26.1. The number of thiocarbonyl (C=S) groups is 1. The van der Waals surface area contributed by atoms with Crippen LogP contribution in [0.1, 0.15) is 5.56 Å². The second-order valence-corrected chi connectivity index (χ2v) is 9.02. The first kappa shape index (κ1) is 24.4. The molecule has 1 aliphatic heterocycles. The molecule has 0 spiro atoms. The van der Waals surface area contributed by atoms with Crippen LogP contribution in [-0.4, -0.2) is 27.4 Å². The number of anilines is 2. The highest BCUT2D eigenvalue weighted by Crippen LogP contribution is 2.28. The minimum atomic E-state index is -0.754. The van der Waals surface area contributed by atoms with Crippen molar-refractivity contribution < 1.29 is 18.8 Å². The predicted molar refractivity (Wildman–Crippen MR) is 145 cm³/mol. The third kappa shape index (κ3) is 4.87. The smallest absolute Gasteiger partial charge is 0.270 e. The molecule has 0 aliphatic carbocycles. The summed E-state index contributed by atoms with van der Waals surface area (Å²) in [5, 5.41) is 6.34. The largest absolute Gasteiger partial charge is 0.337 e. The van der Waals surface area contributed by atoms with Gasteiger partial charge < -0.3 is 9.88 Å². The molecule has 1 saturated heterocycles. The minimum Gasteiger partial charge on any atom is -0.337 e. The molecule has 37 heavy (non-hydrogen) atoms. The number of nitrogens with zero attached hydrogens (tertiary/aromatic N) is 2. The van der Waals surface area contributed by atoms with Gasteiger partial charge in [-0.25, -0.2) is 9.29 Å². The summed E-state index contributed by atoms with van der Waals surface area (Å²) in [7, 11) is 0. The molecule has 0 bridgehead atoms. The predicted octanol–water partition coefficient (Wildman–Crippen LogP) is 4.90. The summed E-state index contributed by atoms with van der Waals surface area (Å²) in [6, 6.07) is 19.7. The quantitative estimate of drug-likeness (QED) is 0.217. The molecule has 0 radical (unpaired) electrons. The highest BCUT2D eigenvalue weighted by Gasteiger charge is 2.35. The standard InChI is InChI=1S/C27H18ClFN4O3S/c28-17-9-11-18(12-10-17)30-24(34)15-32-14-16(19-5-1-3-7-22(19)32)13-20-25(35)31-27(37)33(26(20)36)23-8-4-2-6-21(23)29/h1-14H,15H2,(H,30,34)(H,31,35,37)/b20-13+. The SMILES string of the molecule is O=C(Cn1cc(/C=C2\C(=O)NC(=S)N(c3ccccc3F)C2=O)c2ccccc21)Nc1ccc(Cl)cc1. The molecule has 2 heterocycles. The summed E-state index contributed by atoms with van der Waals surface area (Å²) in [5.74, 6) is -2.38. The fraction of sp³-hybridized carbons (Fsp3) is 0.0370. The van der Waals surface area contributed by atoms with Gasteiger partial charge in [-0.15, -0.1) is 0 Å². The van der Waals surface area contributed by atoms with Gasteiger partial charge in [-0.05, 0) is 60.8 Å². The highest BCUT2D eigenvalue weighted by atomic mass is 35.5. The zero-order valence-electron chi connectivity index (χ0n) is 19.1. The Balaban J connectivity index is 1.49. The topological polar surface area (TPSA) is 83.4 Å². The van der Waals surface area contributed by atoms with E-state index in [2.05, 4.69) is 10.6 Å². The molecule has 1 aromatic heterocycles. The van der Waals surface area contributed by atoms with Crippen molar-refractivity contribution >= 4 is 75.0 Å². The third-order valence-corrected chi connectivity index (χ3v) is 6.29. The number of nitrogens with one attached hydrogen (secondary N) is 2. The molecule has 184 valence electrons. The summed E-state index contributed by atoms with van der Waals surface area (Å²) in [5.41, 5.74) is 1.58. The first-order valence-corrected chi connectivity index (χ1v) is 11.9. The van der Waals surface area contributed by atoms with Gasteiger partial charge in [0.2, 0.25) is 5.91 Å². The average molecular weight is 533 g/mol. The van der Waals surface area contributed by atoms with Crippen molar-refractivity contribution in [1.29, 1.82) is 0 Å². The molecule has 3 amide bonds. The normalized spacial score (nSPS) is 14.8. The molecule has 7 nitrogen and oxygen atoms in total. The van der Waals surface area contributed by atoms with Crippen molar-refractivity contribution in [3.05, 3.63) is 101 Å². The van der Waals surface area contributed by atoms with E-state index in [1.165, 1.54) is 24.3 Å². The molecule has 5 rings (SSSR count). The lowest BCUT2D eigenvalue weighted by molar-refractivity contribution is -0.122. The van der Waals surface area contributed by atoms with Crippen molar-refractivity contribution in [1.82, 2.24) is 9.88 Å². The lowest BCUT2D eigenvalue weighted by Crippen LogP contribution is -2.54. The average Bonchev–Trinajstić information content (AvgIpc) is 3.21. The zero-order valence-corrected chi connectivity index (χ0v) is 20.6. The van der Waals surface area contributed by atoms with E-state index in [9.17, 15) is 18.8 Å². The molecule has 1 aliphatic rings. The molecular weight excluding hydrogens is 515 g/mol. The Morgan fingerprint density at radius 2 is 1.73 bits per heavy atom. The van der Waals surface area contributed by atoms with E-state index in [1.807, 2.05) is 24.3 Å². The minimum absolute atomic E-state index is 0.0160. The van der Waals surface area contributed by atoms with E-state index in [-0.39, 0.29) is 28.8 Å². The second-order valence-electron chi connectivity index (χ2n) is 8.19. The summed E-state index contributed by atoms with van der Waals surface area (Å²) in [4.78, 5) is 39.7. The number of hydrogen-bond acceptors (Lipinski definition) is 4. The number of para-hydroxylation sites is 2. The van der Waals surface area contributed by atoms with Crippen LogP contribution in [0.2, 0.25) is 5.02 Å². The van der Waals surface area contributed by atoms with Gasteiger partial charge in [-0.3, -0.25) is 19.7 Å². The fourth-order valence-corrected chi connectivity index (χ4v) is 4.47. The van der Waals surface area contributed by atoms with Crippen LogP contribution in [0.3, 0.4) is 0 Å². The molecule has 0 atom stereocenters. The number of fused-ring (bicyclic) bond motifs is 1. The van der Waals surface area contributed by atoms with Crippen LogP contribution in [0.4, 0.5) is 15.8 Å². The molecule has 1 fully saturated rings. The van der Waals surface area contributed by atoms with Gasteiger partial charge in [0, 0.05) is 33.4 Å².